The van der Waals surface area contributed by atoms with Crippen LogP contribution in [0.1, 0.15) is 45.0 Å². The fourth-order valence-corrected chi connectivity index (χ4v) is 6.35. The largest absolute Gasteiger partial charge is 0.399 e. The van der Waals surface area contributed by atoms with Gasteiger partial charge in [0.15, 0.2) is 0 Å². The smallest absolute Gasteiger partial charge is 0.0736 e. The highest BCUT2D eigenvalue weighted by Crippen LogP contribution is 2.33. The number of nitrogens with zero attached hydrogens (tertiary/aromatic N) is 2. The summed E-state index contributed by atoms with van der Waals surface area (Å²) in [6.45, 7) is 0. The molecule has 0 fully saturated rings. The maximum atomic E-state index is 5.89. The number of fused-ring (bicyclic) bond motifs is 8. The minimum Gasteiger partial charge on any atom is -0.399 e. The quantitative estimate of drug-likeness (QED) is 0.102. The number of nitrogens with one attached hydrogen (secondary N) is 2. The summed E-state index contributed by atoms with van der Waals surface area (Å²) in [6.07, 6.45) is 12.5. The van der Waals surface area contributed by atoms with Crippen molar-refractivity contribution in [2.45, 2.75) is 0 Å². The van der Waals surface area contributed by atoms with Crippen molar-refractivity contribution in [1.29, 1.82) is 0 Å². The zero-order chi connectivity index (χ0) is 33.4. The topological polar surface area (TPSA) is 83.4 Å². The standard InChI is InChI=1S/C45H29N5/c46-36-3-1-2-30(24-36)5-4-29-6-8-31(9-7-29)34-14-15-35(25-34)32-10-12-33(13-11-32)45-43-22-20-41(49-43)27-39-18-16-37(47-39)26-38-17-19-40(48-38)28-42-21-23-44(45)50-42/h1-3,6-24,26-28,47,50H,46H2. The first-order valence-corrected chi connectivity index (χ1v) is 16.4. The number of hydrogen-bond donors (Lipinski definition) is 3. The van der Waals surface area contributed by atoms with Gasteiger partial charge in [0.2, 0.25) is 0 Å². The van der Waals surface area contributed by atoms with Gasteiger partial charge in [-0.1, -0.05) is 54.3 Å². The molecule has 9 rings (SSSR count). The zero-order valence-electron chi connectivity index (χ0n) is 26.9. The van der Waals surface area contributed by atoms with E-state index >= 15 is 0 Å². The second kappa shape index (κ2) is 12.2. The van der Waals surface area contributed by atoms with Crippen molar-refractivity contribution in [2.75, 3.05) is 5.73 Å². The molecule has 0 saturated carbocycles. The molecule has 0 radical (unpaired) electrons. The van der Waals surface area contributed by atoms with Crippen molar-refractivity contribution >= 4 is 63.2 Å². The summed E-state index contributed by atoms with van der Waals surface area (Å²) in [5.74, 6) is 6.42. The van der Waals surface area contributed by atoms with Crippen LogP contribution in [0.5, 0.6) is 0 Å². The molecule has 3 aliphatic rings. The normalized spacial score (nSPS) is 12.8. The maximum Gasteiger partial charge on any atom is 0.0736 e. The van der Waals surface area contributed by atoms with Gasteiger partial charge < -0.3 is 15.7 Å². The summed E-state index contributed by atoms with van der Waals surface area (Å²) in [6, 6.07) is 39.0. The Bertz CT molecular complexity index is 2730. The minimum absolute atomic E-state index is 0.713. The Morgan fingerprint density at radius 2 is 1.08 bits per heavy atom. The second-order valence-electron chi connectivity index (χ2n) is 12.4. The molecular weight excluding hydrogens is 611 g/mol. The van der Waals surface area contributed by atoms with E-state index in [-0.39, 0.29) is 0 Å². The third kappa shape index (κ3) is 5.91. The Morgan fingerprint density at radius 1 is 0.500 bits per heavy atom. The molecule has 5 nitrogen and oxygen atoms in total. The lowest BCUT2D eigenvalue weighted by Crippen LogP contribution is -1.86. The highest BCUT2D eigenvalue weighted by Gasteiger charge is 2.13. The van der Waals surface area contributed by atoms with E-state index in [0.717, 1.165) is 89.4 Å². The zero-order valence-corrected chi connectivity index (χ0v) is 26.9. The van der Waals surface area contributed by atoms with Gasteiger partial charge in [-0.15, -0.1) is 5.73 Å². The Balaban J connectivity index is 1.07. The second-order valence-corrected chi connectivity index (χ2v) is 12.4. The number of benzene rings is 3. The molecule has 8 bridgehead atoms. The highest BCUT2D eigenvalue weighted by atomic mass is 14.8. The van der Waals surface area contributed by atoms with Crippen LogP contribution < -0.4 is 5.73 Å². The number of H-pyrrole nitrogens is 2. The molecule has 0 saturated heterocycles. The fraction of sp³-hybridized carbons (Fsp3) is 0. The van der Waals surface area contributed by atoms with Crippen LogP contribution in [0.4, 0.5) is 5.69 Å². The molecule has 0 spiro atoms. The lowest BCUT2D eigenvalue weighted by atomic mass is 10.00. The van der Waals surface area contributed by atoms with Gasteiger partial charge in [-0.3, -0.25) is 0 Å². The SMILES string of the molecule is Nc1cccc(C#Cc2ccc(C3=C=C(c4ccc(-c5c6nc(cc7ccc(cc8nc(cc9ccc5[nH]9)C=C8)[nH]7)C=C6)cc4)C=C3)cc2)c1. The monoisotopic (exact) mass is 639 g/mol. The van der Waals surface area contributed by atoms with E-state index in [2.05, 4.69) is 125 Å². The molecule has 5 heteroatoms. The average Bonchev–Trinajstić information content (AvgIpc) is 3.98. The first kappa shape index (κ1) is 29.1. The van der Waals surface area contributed by atoms with Crippen LogP contribution in [-0.2, 0) is 0 Å². The average molecular weight is 640 g/mol. The molecule has 0 atom stereocenters. The van der Waals surface area contributed by atoms with Crippen molar-refractivity contribution in [3.05, 3.63) is 178 Å². The Hall–Kier alpha value is -7.12. The number of aromatic amines is 2. The molecule has 4 N–H and O–H groups in total. The lowest BCUT2D eigenvalue weighted by molar-refractivity contribution is 1.31. The van der Waals surface area contributed by atoms with Crippen LogP contribution >= 0.6 is 0 Å². The summed E-state index contributed by atoms with van der Waals surface area (Å²) < 4.78 is 0. The number of allylic oxidation sites excluding steroid dienone is 3. The molecule has 234 valence electrons. The third-order valence-electron chi connectivity index (χ3n) is 8.82. The maximum absolute atomic E-state index is 5.89. The number of aromatic nitrogens is 4. The van der Waals surface area contributed by atoms with Crippen molar-refractivity contribution in [3.8, 4) is 23.0 Å². The predicted molar refractivity (Wildman–Crippen MR) is 207 cm³/mol. The number of nitrogen functional groups attached to an aromatic ring is 1. The van der Waals surface area contributed by atoms with Crippen molar-refractivity contribution in [3.63, 3.8) is 0 Å². The molecule has 1 aliphatic carbocycles. The summed E-state index contributed by atoms with van der Waals surface area (Å²) in [5.41, 5.74) is 26.0. The van der Waals surface area contributed by atoms with Crippen LogP contribution in [0.3, 0.4) is 0 Å². The summed E-state index contributed by atoms with van der Waals surface area (Å²) >= 11 is 0. The van der Waals surface area contributed by atoms with Crippen LogP contribution in [0.2, 0.25) is 0 Å². The fourth-order valence-electron chi connectivity index (χ4n) is 6.35. The Kier molecular flexibility index (Phi) is 7.06. The molecule has 3 aromatic carbocycles. The van der Waals surface area contributed by atoms with Gasteiger partial charge in [0, 0.05) is 55.6 Å². The van der Waals surface area contributed by atoms with Gasteiger partial charge in [0.1, 0.15) is 0 Å². The van der Waals surface area contributed by atoms with Crippen molar-refractivity contribution < 1.29 is 0 Å². The van der Waals surface area contributed by atoms with Gasteiger partial charge in [-0.25, -0.2) is 9.97 Å². The summed E-state index contributed by atoms with van der Waals surface area (Å²) in [4.78, 5) is 16.9. The van der Waals surface area contributed by atoms with E-state index in [0.29, 0.717) is 5.69 Å². The first-order chi connectivity index (χ1) is 24.6. The molecular formula is C45H29N5. The minimum atomic E-state index is 0.713. The van der Waals surface area contributed by atoms with Crippen LogP contribution in [0, 0.1) is 11.8 Å². The number of hydrogen-bond acceptors (Lipinski definition) is 3. The van der Waals surface area contributed by atoms with Crippen LogP contribution in [0.25, 0.3) is 68.6 Å². The van der Waals surface area contributed by atoms with E-state index in [1.807, 2.05) is 54.6 Å². The molecule has 6 aromatic rings. The van der Waals surface area contributed by atoms with Gasteiger partial charge in [0.25, 0.3) is 0 Å². The van der Waals surface area contributed by atoms with Gasteiger partial charge in [0.05, 0.1) is 22.8 Å². The Morgan fingerprint density at radius 3 is 1.78 bits per heavy atom. The number of rotatable bonds is 3. The number of nitrogens with two attached hydrogens (primary N) is 1. The number of anilines is 1. The molecule has 3 aromatic heterocycles. The summed E-state index contributed by atoms with van der Waals surface area (Å²) in [5, 5.41) is 0. The van der Waals surface area contributed by atoms with E-state index in [1.165, 1.54) is 0 Å². The van der Waals surface area contributed by atoms with E-state index < -0.39 is 0 Å². The van der Waals surface area contributed by atoms with E-state index in [1.54, 1.807) is 0 Å². The Labute approximate surface area is 289 Å². The van der Waals surface area contributed by atoms with Crippen molar-refractivity contribution in [1.82, 2.24) is 19.9 Å². The van der Waals surface area contributed by atoms with E-state index in [9.17, 15) is 0 Å². The van der Waals surface area contributed by atoms with E-state index in [4.69, 9.17) is 15.7 Å². The van der Waals surface area contributed by atoms with Gasteiger partial charge >= 0.3 is 0 Å². The molecule has 50 heavy (non-hydrogen) atoms. The first-order valence-electron chi connectivity index (χ1n) is 16.4. The van der Waals surface area contributed by atoms with Crippen molar-refractivity contribution in [2.24, 2.45) is 0 Å². The van der Waals surface area contributed by atoms with Gasteiger partial charge in [-0.05, 0) is 126 Å². The summed E-state index contributed by atoms with van der Waals surface area (Å²) in [7, 11) is 0. The lowest BCUT2D eigenvalue weighted by Gasteiger charge is -2.06. The van der Waals surface area contributed by atoms with Gasteiger partial charge in [-0.2, -0.15) is 0 Å². The molecule has 5 heterocycles. The molecule has 0 unspecified atom stereocenters. The van der Waals surface area contributed by atoms with Crippen LogP contribution in [0.15, 0.2) is 133 Å². The van der Waals surface area contributed by atoms with Crippen LogP contribution in [-0.4, -0.2) is 19.9 Å². The predicted octanol–water partition coefficient (Wildman–Crippen LogP) is 9.94. The third-order valence-corrected chi connectivity index (χ3v) is 8.82. The molecule has 2 aliphatic heterocycles. The highest BCUT2D eigenvalue weighted by molar-refractivity contribution is 5.93. The molecule has 0 amide bonds.